The van der Waals surface area contributed by atoms with Crippen molar-refractivity contribution in [3.05, 3.63) is 17.8 Å². The van der Waals surface area contributed by atoms with Gasteiger partial charge in [0.25, 0.3) is 5.91 Å². The lowest BCUT2D eigenvalue weighted by Crippen LogP contribution is -2.36. The molecule has 84 valence electrons. The third-order valence-corrected chi connectivity index (χ3v) is 1.97. The molecule has 1 aromatic rings. The zero-order chi connectivity index (χ0) is 11.3. The van der Waals surface area contributed by atoms with Crippen molar-refractivity contribution >= 4 is 5.91 Å². The molecule has 0 saturated carbocycles. The summed E-state index contributed by atoms with van der Waals surface area (Å²) >= 11 is 0. The molecule has 0 unspecified atom stereocenters. The molecule has 0 radical (unpaired) electrons. The van der Waals surface area contributed by atoms with Gasteiger partial charge in [0.2, 0.25) is 0 Å². The maximum absolute atomic E-state index is 11.8. The lowest BCUT2D eigenvalue weighted by molar-refractivity contribution is 0.0678. The largest absolute Gasteiger partial charge is 0.448 e. The molecule has 0 saturated heterocycles. The van der Waals surface area contributed by atoms with Crippen molar-refractivity contribution in [1.29, 1.82) is 0 Å². The molecule has 1 heterocycles. The van der Waals surface area contributed by atoms with Gasteiger partial charge in [0.05, 0.1) is 13.2 Å². The second-order valence-electron chi connectivity index (χ2n) is 3.00. The van der Waals surface area contributed by atoms with Crippen LogP contribution >= 0.6 is 0 Å². The van der Waals surface area contributed by atoms with Crippen LogP contribution in [-0.4, -0.2) is 52.3 Å². The molecule has 1 amide bonds. The summed E-state index contributed by atoms with van der Waals surface area (Å²) in [5.74, 6) is 0.0882. The molecule has 6 nitrogen and oxygen atoms in total. The van der Waals surface area contributed by atoms with Gasteiger partial charge in [-0.1, -0.05) is 0 Å². The summed E-state index contributed by atoms with van der Waals surface area (Å²) in [6.45, 7) is 1.68. The number of rotatable bonds is 5. The van der Waals surface area contributed by atoms with Crippen LogP contribution in [0.25, 0.3) is 0 Å². The normalized spacial score (nSPS) is 10.3. The number of oxazole rings is 1. The van der Waals surface area contributed by atoms with Gasteiger partial charge in [0, 0.05) is 13.1 Å². The Hall–Kier alpha value is -1.40. The van der Waals surface area contributed by atoms with Crippen molar-refractivity contribution in [3.8, 4) is 0 Å². The first-order valence-electron chi connectivity index (χ1n) is 4.61. The molecule has 1 aromatic heterocycles. The van der Waals surface area contributed by atoms with E-state index in [9.17, 15) is 4.79 Å². The summed E-state index contributed by atoms with van der Waals surface area (Å²) in [5, 5.41) is 17.5. The van der Waals surface area contributed by atoms with Gasteiger partial charge in [0.15, 0.2) is 12.1 Å². The Bertz CT molecular complexity index is 318. The summed E-state index contributed by atoms with van der Waals surface area (Å²) in [6.07, 6.45) is 1.19. The van der Waals surface area contributed by atoms with Gasteiger partial charge >= 0.3 is 0 Å². The molecule has 0 atom stereocenters. The Kier molecular flexibility index (Phi) is 4.26. The Morgan fingerprint density at radius 2 is 2.07 bits per heavy atom. The van der Waals surface area contributed by atoms with Crippen molar-refractivity contribution in [2.45, 2.75) is 6.92 Å². The highest BCUT2D eigenvalue weighted by Gasteiger charge is 2.19. The van der Waals surface area contributed by atoms with Gasteiger partial charge < -0.3 is 19.5 Å². The summed E-state index contributed by atoms with van der Waals surface area (Å²) in [6, 6.07) is 0. The van der Waals surface area contributed by atoms with E-state index >= 15 is 0 Å². The first-order chi connectivity index (χ1) is 7.20. The molecule has 0 aliphatic rings. The number of hydrogen-bond donors (Lipinski definition) is 2. The van der Waals surface area contributed by atoms with Crippen LogP contribution in [0.2, 0.25) is 0 Å². The van der Waals surface area contributed by atoms with Gasteiger partial charge in [-0.25, -0.2) is 4.98 Å². The van der Waals surface area contributed by atoms with E-state index in [-0.39, 0.29) is 37.9 Å². The first-order valence-corrected chi connectivity index (χ1v) is 4.61. The van der Waals surface area contributed by atoms with Crippen LogP contribution in [0.5, 0.6) is 0 Å². The summed E-state index contributed by atoms with van der Waals surface area (Å²) in [4.78, 5) is 16.9. The average molecular weight is 214 g/mol. The van der Waals surface area contributed by atoms with Crippen LogP contribution in [0, 0.1) is 6.92 Å². The Morgan fingerprint density at radius 1 is 1.47 bits per heavy atom. The monoisotopic (exact) mass is 214 g/mol. The van der Waals surface area contributed by atoms with Gasteiger partial charge in [-0.2, -0.15) is 0 Å². The van der Waals surface area contributed by atoms with Gasteiger partial charge in [-0.15, -0.1) is 0 Å². The van der Waals surface area contributed by atoms with Crippen LogP contribution in [0.4, 0.5) is 0 Å². The number of aryl methyl sites for hydroxylation is 1. The lowest BCUT2D eigenvalue weighted by atomic mass is 10.3. The number of hydrogen-bond acceptors (Lipinski definition) is 5. The van der Waals surface area contributed by atoms with E-state index in [1.807, 2.05) is 0 Å². The van der Waals surface area contributed by atoms with E-state index in [1.54, 1.807) is 6.92 Å². The first kappa shape index (κ1) is 11.7. The lowest BCUT2D eigenvalue weighted by Gasteiger charge is -2.19. The number of aliphatic hydroxyl groups is 2. The van der Waals surface area contributed by atoms with Crippen molar-refractivity contribution in [1.82, 2.24) is 9.88 Å². The zero-order valence-electron chi connectivity index (χ0n) is 8.51. The zero-order valence-corrected chi connectivity index (χ0v) is 8.51. The summed E-state index contributed by atoms with van der Waals surface area (Å²) in [7, 11) is 0. The molecular weight excluding hydrogens is 200 g/mol. The second kappa shape index (κ2) is 5.47. The highest BCUT2D eigenvalue weighted by molar-refractivity contribution is 5.93. The topological polar surface area (TPSA) is 86.8 Å². The van der Waals surface area contributed by atoms with Crippen LogP contribution < -0.4 is 0 Å². The Balaban J connectivity index is 2.76. The van der Waals surface area contributed by atoms with Crippen molar-refractivity contribution in [2.24, 2.45) is 0 Å². The molecule has 2 N–H and O–H groups in total. The third-order valence-electron chi connectivity index (χ3n) is 1.97. The van der Waals surface area contributed by atoms with E-state index in [0.29, 0.717) is 5.76 Å². The maximum atomic E-state index is 11.8. The van der Waals surface area contributed by atoms with E-state index < -0.39 is 0 Å². The number of carbonyl (C=O) groups is 1. The second-order valence-corrected chi connectivity index (χ2v) is 3.00. The standard InChI is InChI=1S/C9H14N2O4/c1-7-8(10-6-15-7)9(14)11(2-4-12)3-5-13/h6,12-13H,2-5H2,1H3. The molecular formula is C9H14N2O4. The quantitative estimate of drug-likeness (QED) is 0.684. The predicted molar refractivity (Wildman–Crippen MR) is 51.3 cm³/mol. The summed E-state index contributed by atoms with van der Waals surface area (Å²) in [5.41, 5.74) is 0.219. The minimum atomic E-state index is -0.343. The Labute approximate surface area is 87.1 Å². The van der Waals surface area contributed by atoms with Crippen molar-refractivity contribution < 1.29 is 19.4 Å². The van der Waals surface area contributed by atoms with Crippen molar-refractivity contribution in [3.63, 3.8) is 0 Å². The number of aromatic nitrogens is 1. The number of carbonyl (C=O) groups excluding carboxylic acids is 1. The fourth-order valence-corrected chi connectivity index (χ4v) is 1.22. The Morgan fingerprint density at radius 3 is 2.47 bits per heavy atom. The van der Waals surface area contributed by atoms with Crippen LogP contribution in [0.3, 0.4) is 0 Å². The molecule has 0 aromatic carbocycles. The van der Waals surface area contributed by atoms with E-state index in [4.69, 9.17) is 14.6 Å². The van der Waals surface area contributed by atoms with Gasteiger partial charge in [-0.05, 0) is 6.92 Å². The predicted octanol–water partition coefficient (Wildman–Crippen LogP) is -0.590. The maximum Gasteiger partial charge on any atom is 0.276 e. The minimum Gasteiger partial charge on any atom is -0.448 e. The highest BCUT2D eigenvalue weighted by Crippen LogP contribution is 2.08. The molecule has 0 fully saturated rings. The van der Waals surface area contributed by atoms with Gasteiger partial charge in [0.1, 0.15) is 5.76 Å². The SMILES string of the molecule is Cc1ocnc1C(=O)N(CCO)CCO. The van der Waals surface area contributed by atoms with Crippen molar-refractivity contribution in [2.75, 3.05) is 26.3 Å². The van der Waals surface area contributed by atoms with E-state index in [0.717, 1.165) is 0 Å². The molecule has 6 heteroatoms. The molecule has 15 heavy (non-hydrogen) atoms. The molecule has 0 spiro atoms. The van der Waals surface area contributed by atoms with Crippen LogP contribution in [0.15, 0.2) is 10.8 Å². The van der Waals surface area contributed by atoms with Crippen LogP contribution in [0.1, 0.15) is 16.2 Å². The van der Waals surface area contributed by atoms with Gasteiger partial charge in [-0.3, -0.25) is 4.79 Å². The highest BCUT2D eigenvalue weighted by atomic mass is 16.3. The average Bonchev–Trinajstić information content (AvgIpc) is 2.63. The molecule has 0 aliphatic heterocycles. The molecule has 0 bridgehead atoms. The van der Waals surface area contributed by atoms with Crippen LogP contribution in [-0.2, 0) is 0 Å². The van der Waals surface area contributed by atoms with E-state index in [2.05, 4.69) is 4.98 Å². The number of amides is 1. The third kappa shape index (κ3) is 2.77. The number of nitrogens with zero attached hydrogens (tertiary/aromatic N) is 2. The smallest absolute Gasteiger partial charge is 0.276 e. The fourth-order valence-electron chi connectivity index (χ4n) is 1.22. The minimum absolute atomic E-state index is 0.150. The van der Waals surface area contributed by atoms with E-state index in [1.165, 1.54) is 11.3 Å². The molecule has 1 rings (SSSR count). The summed E-state index contributed by atoms with van der Waals surface area (Å²) < 4.78 is 4.91. The fraction of sp³-hybridized carbons (Fsp3) is 0.556. The number of aliphatic hydroxyl groups excluding tert-OH is 2. The molecule has 0 aliphatic carbocycles.